The lowest BCUT2D eigenvalue weighted by Crippen LogP contribution is -2.25. The molecule has 21 heavy (non-hydrogen) atoms. The van der Waals surface area contributed by atoms with Gasteiger partial charge in [0.05, 0.1) is 11.8 Å². The Bertz CT molecular complexity index is 505. The number of ether oxygens (including phenoxy) is 2. The van der Waals surface area contributed by atoms with Crippen LogP contribution in [0.15, 0.2) is 29.3 Å². The molecule has 0 aliphatic carbocycles. The van der Waals surface area contributed by atoms with Crippen LogP contribution in [0.25, 0.3) is 0 Å². The van der Waals surface area contributed by atoms with E-state index in [2.05, 4.69) is 10.3 Å². The van der Waals surface area contributed by atoms with Crippen molar-refractivity contribution in [1.82, 2.24) is 5.32 Å². The van der Waals surface area contributed by atoms with E-state index in [4.69, 9.17) is 14.7 Å². The number of hydrogen-bond donors (Lipinski definition) is 1. The van der Waals surface area contributed by atoms with Gasteiger partial charge >= 0.3 is 0 Å². The van der Waals surface area contributed by atoms with Crippen LogP contribution in [0, 0.1) is 11.5 Å². The summed E-state index contributed by atoms with van der Waals surface area (Å²) in [6.45, 7) is 1.43. The summed E-state index contributed by atoms with van der Waals surface area (Å²) < 4.78 is 11.4. The molecule has 1 saturated heterocycles. The van der Waals surface area contributed by atoms with Gasteiger partial charge < -0.3 is 9.47 Å². The minimum absolute atomic E-state index is 0.208. The Hall–Kier alpha value is -1.71. The summed E-state index contributed by atoms with van der Waals surface area (Å²) in [6, 6.07) is 7.50. The quantitative estimate of drug-likeness (QED) is 0.401. The predicted molar refractivity (Wildman–Crippen MR) is 84.9 cm³/mol. The van der Waals surface area contributed by atoms with E-state index < -0.39 is 0 Å². The number of benzene rings is 1. The largest absolute Gasteiger partial charge is 0.491 e. The summed E-state index contributed by atoms with van der Waals surface area (Å²) in [5.41, 5.74) is 0.781. The number of hydrogen-bond acceptors (Lipinski definition) is 5. The molecule has 1 aliphatic heterocycles. The molecule has 0 amide bonds. The van der Waals surface area contributed by atoms with Crippen molar-refractivity contribution in [3.8, 4) is 11.9 Å². The monoisotopic (exact) mass is 305 g/mol. The first-order valence-corrected chi connectivity index (χ1v) is 8.16. The number of nitrogens with zero attached hydrogens (tertiary/aromatic N) is 2. The van der Waals surface area contributed by atoms with E-state index in [-0.39, 0.29) is 6.10 Å². The lowest BCUT2D eigenvalue weighted by Gasteiger charge is -2.22. The van der Waals surface area contributed by atoms with Crippen molar-refractivity contribution in [2.45, 2.75) is 25.4 Å². The van der Waals surface area contributed by atoms with Crippen molar-refractivity contribution in [2.75, 3.05) is 19.5 Å². The van der Waals surface area contributed by atoms with Gasteiger partial charge in [0.1, 0.15) is 12.4 Å². The maximum atomic E-state index is 8.60. The Balaban J connectivity index is 1.88. The molecular formula is C15H19N3O2S. The van der Waals surface area contributed by atoms with Crippen molar-refractivity contribution >= 4 is 22.6 Å². The molecule has 2 rings (SSSR count). The first-order chi connectivity index (χ1) is 10.3. The summed E-state index contributed by atoms with van der Waals surface area (Å²) in [4.78, 5) is 4.32. The second kappa shape index (κ2) is 8.55. The van der Waals surface area contributed by atoms with Crippen LogP contribution >= 0.6 is 11.8 Å². The number of amidine groups is 1. The van der Waals surface area contributed by atoms with Crippen LogP contribution in [-0.4, -0.2) is 30.7 Å². The van der Waals surface area contributed by atoms with Crippen LogP contribution in [0.2, 0.25) is 0 Å². The van der Waals surface area contributed by atoms with E-state index in [1.165, 1.54) is 18.2 Å². The number of thioether (sulfide) groups is 1. The molecule has 0 bridgehead atoms. The number of nitriles is 1. The molecule has 1 fully saturated rings. The zero-order valence-electron chi connectivity index (χ0n) is 12.0. The van der Waals surface area contributed by atoms with Crippen molar-refractivity contribution in [2.24, 2.45) is 4.99 Å². The van der Waals surface area contributed by atoms with E-state index in [0.717, 1.165) is 30.9 Å². The molecule has 0 aromatic heterocycles. The molecule has 1 aromatic carbocycles. The van der Waals surface area contributed by atoms with Crippen molar-refractivity contribution < 1.29 is 9.47 Å². The van der Waals surface area contributed by atoms with Gasteiger partial charge in [0.25, 0.3) is 0 Å². The topological polar surface area (TPSA) is 66.6 Å². The average Bonchev–Trinajstić information content (AvgIpc) is 2.54. The summed E-state index contributed by atoms with van der Waals surface area (Å²) in [5.74, 6) is 0.807. The standard InChI is InChI=1S/C15H19N3O2S/c1-21-15(17-11-16)18-12-5-7-13(8-6-12)20-10-14-4-2-3-9-19-14/h5-8,14H,2-4,9-10H2,1H3,(H,17,18). The molecule has 1 aliphatic rings. The minimum atomic E-state index is 0.208. The van der Waals surface area contributed by atoms with Gasteiger partial charge in [-0.3, -0.25) is 5.32 Å². The van der Waals surface area contributed by atoms with Gasteiger partial charge in [-0.15, -0.1) is 0 Å². The van der Waals surface area contributed by atoms with Gasteiger partial charge in [0.15, 0.2) is 11.4 Å². The maximum Gasteiger partial charge on any atom is 0.183 e. The summed E-state index contributed by atoms with van der Waals surface area (Å²) in [5, 5.41) is 11.7. The molecule has 6 heteroatoms. The van der Waals surface area contributed by atoms with E-state index in [1.807, 2.05) is 36.7 Å². The van der Waals surface area contributed by atoms with Crippen molar-refractivity contribution in [3.05, 3.63) is 24.3 Å². The molecular weight excluding hydrogens is 286 g/mol. The number of nitrogens with one attached hydrogen (secondary N) is 1. The first kappa shape index (κ1) is 15.7. The maximum absolute atomic E-state index is 8.60. The van der Waals surface area contributed by atoms with Gasteiger partial charge in [-0.25, -0.2) is 4.99 Å². The van der Waals surface area contributed by atoms with Crippen LogP contribution in [-0.2, 0) is 4.74 Å². The summed E-state index contributed by atoms with van der Waals surface area (Å²) >= 11 is 1.39. The normalized spacial score (nSPS) is 18.9. The highest BCUT2D eigenvalue weighted by molar-refractivity contribution is 8.13. The first-order valence-electron chi connectivity index (χ1n) is 6.94. The highest BCUT2D eigenvalue weighted by Crippen LogP contribution is 2.20. The number of aliphatic imine (C=N–C) groups is 1. The van der Waals surface area contributed by atoms with Crippen LogP contribution in [0.5, 0.6) is 5.75 Å². The third-order valence-electron chi connectivity index (χ3n) is 3.13. The fourth-order valence-corrected chi connectivity index (χ4v) is 2.38. The summed E-state index contributed by atoms with van der Waals surface area (Å²) in [6.07, 6.45) is 7.37. The van der Waals surface area contributed by atoms with Gasteiger partial charge in [0.2, 0.25) is 0 Å². The Morgan fingerprint density at radius 2 is 2.29 bits per heavy atom. The van der Waals surface area contributed by atoms with E-state index in [0.29, 0.717) is 11.8 Å². The smallest absolute Gasteiger partial charge is 0.183 e. The van der Waals surface area contributed by atoms with E-state index >= 15 is 0 Å². The van der Waals surface area contributed by atoms with Gasteiger partial charge in [-0.1, -0.05) is 11.8 Å². The molecule has 1 heterocycles. The lowest BCUT2D eigenvalue weighted by atomic mass is 10.1. The van der Waals surface area contributed by atoms with Crippen molar-refractivity contribution in [3.63, 3.8) is 0 Å². The Morgan fingerprint density at radius 1 is 1.48 bits per heavy atom. The Kier molecular flexibility index (Phi) is 6.38. The molecule has 0 spiro atoms. The van der Waals surface area contributed by atoms with Crippen molar-refractivity contribution in [1.29, 1.82) is 5.26 Å². The highest BCUT2D eigenvalue weighted by atomic mass is 32.2. The van der Waals surface area contributed by atoms with E-state index in [1.54, 1.807) is 0 Å². The number of rotatable bonds is 4. The molecule has 1 unspecified atom stereocenters. The fraction of sp³-hybridized carbons (Fsp3) is 0.467. The molecule has 0 radical (unpaired) electrons. The van der Waals surface area contributed by atoms with Gasteiger partial charge in [-0.05, 0) is 49.8 Å². The van der Waals surface area contributed by atoms with Crippen LogP contribution in [0.1, 0.15) is 19.3 Å². The zero-order valence-corrected chi connectivity index (χ0v) is 12.9. The van der Waals surface area contributed by atoms with Crippen LogP contribution in [0.4, 0.5) is 5.69 Å². The summed E-state index contributed by atoms with van der Waals surface area (Å²) in [7, 11) is 0. The molecule has 112 valence electrons. The lowest BCUT2D eigenvalue weighted by molar-refractivity contribution is -0.0110. The third kappa shape index (κ3) is 5.29. The second-order valence-electron chi connectivity index (χ2n) is 4.65. The molecule has 0 saturated carbocycles. The fourth-order valence-electron chi connectivity index (χ4n) is 2.03. The molecule has 1 atom stereocenters. The Morgan fingerprint density at radius 3 is 2.90 bits per heavy atom. The molecule has 1 N–H and O–H groups in total. The van der Waals surface area contributed by atoms with E-state index in [9.17, 15) is 0 Å². The van der Waals surface area contributed by atoms with Crippen LogP contribution in [0.3, 0.4) is 0 Å². The third-order valence-corrected chi connectivity index (χ3v) is 3.71. The molecule has 5 nitrogen and oxygen atoms in total. The zero-order chi connectivity index (χ0) is 14.9. The SMILES string of the molecule is CSC(=Nc1ccc(OCC2CCCCO2)cc1)NC#N. The van der Waals surface area contributed by atoms with Gasteiger partial charge in [-0.2, -0.15) is 5.26 Å². The second-order valence-corrected chi connectivity index (χ2v) is 5.45. The van der Waals surface area contributed by atoms with Crippen LogP contribution < -0.4 is 10.1 Å². The molecule has 1 aromatic rings. The predicted octanol–water partition coefficient (Wildman–Crippen LogP) is 3.06. The average molecular weight is 305 g/mol. The highest BCUT2D eigenvalue weighted by Gasteiger charge is 2.14. The Labute approximate surface area is 129 Å². The van der Waals surface area contributed by atoms with Gasteiger partial charge in [0, 0.05) is 6.61 Å². The minimum Gasteiger partial charge on any atom is -0.491 e.